The van der Waals surface area contributed by atoms with Gasteiger partial charge in [0.05, 0.1) is 0 Å². The van der Waals surface area contributed by atoms with Gasteiger partial charge in [-0.05, 0) is 61.2 Å². The highest BCUT2D eigenvalue weighted by Gasteiger charge is 2.13. The average molecular weight is 297 g/mol. The number of hydrogen-bond acceptors (Lipinski definition) is 3. The van der Waals surface area contributed by atoms with Gasteiger partial charge in [-0.15, -0.1) is 0 Å². The molecule has 0 unspecified atom stereocenters. The van der Waals surface area contributed by atoms with Gasteiger partial charge in [-0.2, -0.15) is 0 Å². The average Bonchev–Trinajstić information content (AvgIpc) is 2.97. The normalized spacial score (nSPS) is 12.3. The van der Waals surface area contributed by atoms with Crippen molar-refractivity contribution in [1.82, 2.24) is 5.32 Å². The number of amides is 1. The van der Waals surface area contributed by atoms with Crippen molar-refractivity contribution in [2.24, 2.45) is 0 Å². The molecule has 0 atom stereocenters. The number of fused-ring (bicyclic) bond motifs is 1. The molecule has 1 aliphatic heterocycles. The summed E-state index contributed by atoms with van der Waals surface area (Å²) < 4.78 is 10.6. The van der Waals surface area contributed by atoms with Gasteiger partial charge in [-0.1, -0.05) is 12.1 Å². The van der Waals surface area contributed by atoms with E-state index in [1.165, 1.54) is 5.56 Å². The van der Waals surface area contributed by atoms with Crippen molar-refractivity contribution < 1.29 is 14.3 Å². The van der Waals surface area contributed by atoms with Crippen molar-refractivity contribution in [3.8, 4) is 11.5 Å². The van der Waals surface area contributed by atoms with Gasteiger partial charge < -0.3 is 14.8 Å². The zero-order valence-electron chi connectivity index (χ0n) is 12.8. The van der Waals surface area contributed by atoms with Crippen LogP contribution in [0.2, 0.25) is 0 Å². The molecule has 0 saturated heterocycles. The van der Waals surface area contributed by atoms with Crippen LogP contribution in [0.4, 0.5) is 0 Å². The maximum absolute atomic E-state index is 12.1. The molecule has 0 fully saturated rings. The van der Waals surface area contributed by atoms with E-state index in [2.05, 4.69) is 5.32 Å². The van der Waals surface area contributed by atoms with Crippen molar-refractivity contribution in [1.29, 1.82) is 0 Å². The van der Waals surface area contributed by atoms with E-state index in [0.717, 1.165) is 29.0 Å². The Hall–Kier alpha value is -2.49. The summed E-state index contributed by atoms with van der Waals surface area (Å²) >= 11 is 0. The number of nitrogens with one attached hydrogen (secondary N) is 1. The molecule has 114 valence electrons. The van der Waals surface area contributed by atoms with Gasteiger partial charge in [0.15, 0.2) is 11.5 Å². The minimum absolute atomic E-state index is 0.0381. The minimum Gasteiger partial charge on any atom is -0.454 e. The summed E-state index contributed by atoms with van der Waals surface area (Å²) in [5.41, 5.74) is 4.14. The molecule has 2 aromatic rings. The molecule has 0 radical (unpaired) electrons. The van der Waals surface area contributed by atoms with Crippen LogP contribution in [-0.2, 0) is 6.42 Å². The molecule has 1 amide bonds. The molecule has 1 aliphatic rings. The maximum Gasteiger partial charge on any atom is 0.251 e. The largest absolute Gasteiger partial charge is 0.454 e. The third-order valence-corrected chi connectivity index (χ3v) is 3.91. The Morgan fingerprint density at radius 1 is 1.05 bits per heavy atom. The molecule has 0 saturated carbocycles. The smallest absolute Gasteiger partial charge is 0.251 e. The third-order valence-electron chi connectivity index (χ3n) is 3.91. The van der Waals surface area contributed by atoms with Crippen molar-refractivity contribution in [3.63, 3.8) is 0 Å². The highest BCUT2D eigenvalue weighted by molar-refractivity contribution is 5.94. The van der Waals surface area contributed by atoms with Crippen LogP contribution in [0.25, 0.3) is 0 Å². The second kappa shape index (κ2) is 6.10. The SMILES string of the molecule is Cc1ccc(C(=O)NCCc2ccc3c(c2)OCO3)cc1C. The van der Waals surface area contributed by atoms with E-state index in [1.54, 1.807) is 0 Å². The summed E-state index contributed by atoms with van der Waals surface area (Å²) in [6, 6.07) is 11.6. The van der Waals surface area contributed by atoms with Crippen LogP contribution in [0, 0.1) is 13.8 Å². The quantitative estimate of drug-likeness (QED) is 0.943. The Bertz CT molecular complexity index is 709. The second-order valence-corrected chi connectivity index (χ2v) is 5.49. The number of rotatable bonds is 4. The molecule has 4 heteroatoms. The van der Waals surface area contributed by atoms with Crippen LogP contribution in [0.15, 0.2) is 36.4 Å². The molecule has 0 aliphatic carbocycles. The first-order valence-electron chi connectivity index (χ1n) is 7.37. The molecular formula is C18H19NO3. The van der Waals surface area contributed by atoms with Crippen LogP contribution >= 0.6 is 0 Å². The summed E-state index contributed by atoms with van der Waals surface area (Å²) in [6.45, 7) is 4.92. The Kier molecular flexibility index (Phi) is 4.00. The van der Waals surface area contributed by atoms with Gasteiger partial charge in [0, 0.05) is 12.1 Å². The fourth-order valence-corrected chi connectivity index (χ4v) is 2.40. The van der Waals surface area contributed by atoms with E-state index >= 15 is 0 Å². The summed E-state index contributed by atoms with van der Waals surface area (Å²) in [5.74, 6) is 1.52. The van der Waals surface area contributed by atoms with Gasteiger partial charge >= 0.3 is 0 Å². The first-order valence-corrected chi connectivity index (χ1v) is 7.37. The van der Waals surface area contributed by atoms with Crippen molar-refractivity contribution in [2.45, 2.75) is 20.3 Å². The molecule has 0 spiro atoms. The molecule has 22 heavy (non-hydrogen) atoms. The summed E-state index contributed by atoms with van der Waals surface area (Å²) in [6.07, 6.45) is 0.757. The summed E-state index contributed by atoms with van der Waals surface area (Å²) in [7, 11) is 0. The van der Waals surface area contributed by atoms with E-state index in [4.69, 9.17) is 9.47 Å². The topological polar surface area (TPSA) is 47.6 Å². The Morgan fingerprint density at radius 2 is 1.86 bits per heavy atom. The van der Waals surface area contributed by atoms with Crippen LogP contribution in [0.5, 0.6) is 11.5 Å². The van der Waals surface area contributed by atoms with E-state index in [0.29, 0.717) is 12.1 Å². The first-order chi connectivity index (χ1) is 10.6. The summed E-state index contributed by atoms with van der Waals surface area (Å²) in [4.78, 5) is 12.1. The molecule has 3 rings (SSSR count). The molecule has 1 heterocycles. The van der Waals surface area contributed by atoms with Crippen LogP contribution in [-0.4, -0.2) is 19.2 Å². The fraction of sp³-hybridized carbons (Fsp3) is 0.278. The van der Waals surface area contributed by atoms with E-state index in [9.17, 15) is 4.79 Å². The first kappa shape index (κ1) is 14.4. The van der Waals surface area contributed by atoms with Crippen molar-refractivity contribution in [3.05, 3.63) is 58.7 Å². The molecule has 4 nitrogen and oxygen atoms in total. The standard InChI is InChI=1S/C18H19NO3/c1-12-3-5-15(9-13(12)2)18(20)19-8-7-14-4-6-16-17(10-14)22-11-21-16/h3-6,9-10H,7-8,11H2,1-2H3,(H,19,20). The van der Waals surface area contributed by atoms with Crippen LogP contribution in [0.1, 0.15) is 27.0 Å². The number of benzene rings is 2. The highest BCUT2D eigenvalue weighted by Crippen LogP contribution is 2.32. The zero-order chi connectivity index (χ0) is 15.5. The second-order valence-electron chi connectivity index (χ2n) is 5.49. The molecule has 0 bridgehead atoms. The highest BCUT2D eigenvalue weighted by atomic mass is 16.7. The molecule has 2 aromatic carbocycles. The summed E-state index contributed by atoms with van der Waals surface area (Å²) in [5, 5.41) is 2.95. The lowest BCUT2D eigenvalue weighted by Crippen LogP contribution is -2.25. The van der Waals surface area contributed by atoms with Gasteiger partial charge in [-0.3, -0.25) is 4.79 Å². The Morgan fingerprint density at radius 3 is 2.68 bits per heavy atom. The van der Waals surface area contributed by atoms with Gasteiger partial charge in [-0.25, -0.2) is 0 Å². The van der Waals surface area contributed by atoms with Crippen molar-refractivity contribution >= 4 is 5.91 Å². The van der Waals surface area contributed by atoms with Gasteiger partial charge in [0.25, 0.3) is 5.91 Å². The minimum atomic E-state index is -0.0381. The fourth-order valence-electron chi connectivity index (χ4n) is 2.40. The Labute approximate surface area is 130 Å². The van der Waals surface area contributed by atoms with Crippen LogP contribution in [0.3, 0.4) is 0 Å². The number of carbonyl (C=O) groups is 1. The number of carbonyl (C=O) groups excluding carboxylic acids is 1. The lowest BCUT2D eigenvalue weighted by Gasteiger charge is -2.08. The maximum atomic E-state index is 12.1. The number of ether oxygens (including phenoxy) is 2. The van der Waals surface area contributed by atoms with E-state index in [1.807, 2.05) is 50.2 Å². The van der Waals surface area contributed by atoms with Gasteiger partial charge in [0.2, 0.25) is 6.79 Å². The predicted octanol–water partition coefficient (Wildman–Crippen LogP) is 3.00. The number of hydrogen-bond donors (Lipinski definition) is 1. The molecular weight excluding hydrogens is 278 g/mol. The third kappa shape index (κ3) is 3.06. The lowest BCUT2D eigenvalue weighted by atomic mass is 10.1. The molecule has 1 N–H and O–H groups in total. The Balaban J connectivity index is 1.56. The van der Waals surface area contributed by atoms with E-state index in [-0.39, 0.29) is 12.7 Å². The molecule has 0 aromatic heterocycles. The van der Waals surface area contributed by atoms with Gasteiger partial charge in [0.1, 0.15) is 0 Å². The predicted molar refractivity (Wildman–Crippen MR) is 84.5 cm³/mol. The number of aryl methyl sites for hydroxylation is 2. The zero-order valence-corrected chi connectivity index (χ0v) is 12.8. The van der Waals surface area contributed by atoms with E-state index < -0.39 is 0 Å². The monoisotopic (exact) mass is 297 g/mol. The van der Waals surface area contributed by atoms with Crippen molar-refractivity contribution in [2.75, 3.05) is 13.3 Å². The lowest BCUT2D eigenvalue weighted by molar-refractivity contribution is 0.0954. The van der Waals surface area contributed by atoms with Crippen LogP contribution < -0.4 is 14.8 Å².